The Balaban J connectivity index is 1.51. The zero-order chi connectivity index (χ0) is 21.6. The Morgan fingerprint density at radius 3 is 2.87 bits per heavy atom. The number of hydrogen-bond acceptors (Lipinski definition) is 7. The monoisotopic (exact) mass is 442 g/mol. The summed E-state index contributed by atoms with van der Waals surface area (Å²) in [6.45, 7) is 0.102. The van der Waals surface area contributed by atoms with Crippen molar-refractivity contribution in [1.82, 2.24) is 15.0 Å². The van der Waals surface area contributed by atoms with Gasteiger partial charge in [-0.2, -0.15) is 9.97 Å². The van der Waals surface area contributed by atoms with Gasteiger partial charge in [0.05, 0.1) is 30.0 Å². The minimum absolute atomic E-state index is 0.0541. The van der Waals surface area contributed by atoms with Crippen LogP contribution in [-0.2, 0) is 10.0 Å². The smallest absolute Gasteiger partial charge is 0.231 e. The molecule has 5 rings (SSSR count). The molecule has 3 aromatic rings. The van der Waals surface area contributed by atoms with Crippen LogP contribution in [-0.4, -0.2) is 53.4 Å². The molecule has 164 valence electrons. The van der Waals surface area contributed by atoms with Gasteiger partial charge in [0.1, 0.15) is 11.5 Å². The number of sulfonamides is 1. The molecule has 3 heterocycles. The SMILES string of the molecule is CS(=O)(=O)Nc1cccc(Nc2nc(N3[C@H](CO)C[C@@H]4CCC[C@@H]43)c3cc[nH]c3n2)c1. The molecule has 2 aromatic heterocycles. The Kier molecular flexibility index (Phi) is 4.98. The number of aromatic nitrogens is 3. The van der Waals surface area contributed by atoms with Gasteiger partial charge in [-0.3, -0.25) is 4.72 Å². The van der Waals surface area contributed by atoms with E-state index in [4.69, 9.17) is 4.98 Å². The molecule has 0 amide bonds. The molecule has 0 unspecified atom stereocenters. The number of nitrogens with one attached hydrogen (secondary N) is 3. The minimum Gasteiger partial charge on any atom is -0.394 e. The fourth-order valence-electron chi connectivity index (χ4n) is 5.07. The molecule has 0 bridgehead atoms. The minimum atomic E-state index is -3.37. The molecule has 1 saturated carbocycles. The van der Waals surface area contributed by atoms with Gasteiger partial charge >= 0.3 is 0 Å². The van der Waals surface area contributed by atoms with Gasteiger partial charge in [-0.25, -0.2) is 8.42 Å². The van der Waals surface area contributed by atoms with Gasteiger partial charge in [0.2, 0.25) is 16.0 Å². The van der Waals surface area contributed by atoms with Crippen molar-refractivity contribution in [2.45, 2.75) is 37.8 Å². The van der Waals surface area contributed by atoms with Gasteiger partial charge in [-0.15, -0.1) is 0 Å². The molecular weight excluding hydrogens is 416 g/mol. The highest BCUT2D eigenvalue weighted by atomic mass is 32.2. The van der Waals surface area contributed by atoms with Crippen LogP contribution in [0.15, 0.2) is 36.5 Å². The summed E-state index contributed by atoms with van der Waals surface area (Å²) >= 11 is 0. The maximum absolute atomic E-state index is 11.5. The van der Waals surface area contributed by atoms with E-state index in [0.717, 1.165) is 35.9 Å². The molecule has 10 heteroatoms. The molecule has 9 nitrogen and oxygen atoms in total. The number of aromatic amines is 1. The average Bonchev–Trinajstić information content (AvgIpc) is 3.41. The number of rotatable bonds is 6. The van der Waals surface area contributed by atoms with E-state index in [0.29, 0.717) is 29.3 Å². The third kappa shape index (κ3) is 3.92. The highest BCUT2D eigenvalue weighted by Crippen LogP contribution is 2.44. The van der Waals surface area contributed by atoms with E-state index in [2.05, 4.69) is 24.9 Å². The fraction of sp³-hybridized carbons (Fsp3) is 0.429. The largest absolute Gasteiger partial charge is 0.394 e. The highest BCUT2D eigenvalue weighted by Gasteiger charge is 2.44. The van der Waals surface area contributed by atoms with Crippen LogP contribution in [0.1, 0.15) is 25.7 Å². The Bertz CT molecular complexity index is 1210. The van der Waals surface area contributed by atoms with Crippen LogP contribution in [0.25, 0.3) is 11.0 Å². The number of benzene rings is 1. The van der Waals surface area contributed by atoms with E-state index in [-0.39, 0.29) is 12.6 Å². The van der Waals surface area contributed by atoms with Crippen molar-refractivity contribution in [2.75, 3.05) is 27.8 Å². The van der Waals surface area contributed by atoms with Crippen LogP contribution in [0.2, 0.25) is 0 Å². The van der Waals surface area contributed by atoms with Gasteiger partial charge in [0.25, 0.3) is 0 Å². The molecule has 3 atom stereocenters. The Hall–Kier alpha value is -2.85. The van der Waals surface area contributed by atoms with Crippen LogP contribution in [0, 0.1) is 5.92 Å². The van der Waals surface area contributed by atoms with Gasteiger partial charge in [0, 0.05) is 17.9 Å². The van der Waals surface area contributed by atoms with Crippen molar-refractivity contribution in [2.24, 2.45) is 5.92 Å². The summed E-state index contributed by atoms with van der Waals surface area (Å²) in [7, 11) is -3.37. The lowest BCUT2D eigenvalue weighted by Gasteiger charge is -2.30. The van der Waals surface area contributed by atoms with Crippen LogP contribution in [0.4, 0.5) is 23.1 Å². The van der Waals surface area contributed by atoms with E-state index >= 15 is 0 Å². The number of hydrogen-bond donors (Lipinski definition) is 4. The van der Waals surface area contributed by atoms with Gasteiger partial charge in [0.15, 0.2) is 0 Å². The van der Waals surface area contributed by atoms with Crippen molar-refractivity contribution < 1.29 is 13.5 Å². The molecule has 1 aliphatic carbocycles. The molecule has 2 fully saturated rings. The molecule has 1 aromatic carbocycles. The van der Waals surface area contributed by atoms with Crippen LogP contribution >= 0.6 is 0 Å². The zero-order valence-corrected chi connectivity index (χ0v) is 18.1. The molecule has 4 N–H and O–H groups in total. The maximum Gasteiger partial charge on any atom is 0.231 e. The first-order chi connectivity index (χ1) is 14.9. The predicted molar refractivity (Wildman–Crippen MR) is 121 cm³/mol. The number of H-pyrrole nitrogens is 1. The van der Waals surface area contributed by atoms with E-state index in [1.54, 1.807) is 18.2 Å². The summed E-state index contributed by atoms with van der Waals surface area (Å²) in [5.74, 6) is 1.84. The van der Waals surface area contributed by atoms with Crippen molar-refractivity contribution in [1.29, 1.82) is 0 Å². The van der Waals surface area contributed by atoms with E-state index in [9.17, 15) is 13.5 Å². The van der Waals surface area contributed by atoms with Crippen molar-refractivity contribution in [3.63, 3.8) is 0 Å². The molecule has 2 aliphatic rings. The molecular formula is C21H26N6O3S. The first kappa shape index (κ1) is 20.1. The Labute approximate surface area is 181 Å². The van der Waals surface area contributed by atoms with Gasteiger partial charge in [-0.1, -0.05) is 12.5 Å². The summed E-state index contributed by atoms with van der Waals surface area (Å²) in [6.07, 6.45) is 7.46. The first-order valence-corrected chi connectivity index (χ1v) is 12.4. The summed E-state index contributed by atoms with van der Waals surface area (Å²) in [5.41, 5.74) is 1.85. The molecule has 1 saturated heterocycles. The summed E-state index contributed by atoms with van der Waals surface area (Å²) in [6, 6.07) is 9.39. The van der Waals surface area contributed by atoms with E-state index in [1.165, 1.54) is 12.8 Å². The zero-order valence-electron chi connectivity index (χ0n) is 17.2. The standard InChI is InChI=1S/C21H26N6O3S/c1-31(29,30)26-15-6-3-5-14(11-15)23-21-24-19-17(8-9-22-19)20(25-21)27-16(12-28)10-13-4-2-7-18(13)27/h3,5-6,8-9,11,13,16,18,26,28H,2,4,7,10,12H2,1H3,(H2,22,23,24,25)/t13-,16-,18-/m0/s1. The van der Waals surface area contributed by atoms with Crippen LogP contribution in [0.3, 0.4) is 0 Å². The summed E-state index contributed by atoms with van der Waals surface area (Å²) < 4.78 is 25.6. The van der Waals surface area contributed by atoms with Crippen LogP contribution in [0.5, 0.6) is 0 Å². The first-order valence-electron chi connectivity index (χ1n) is 10.5. The summed E-state index contributed by atoms with van der Waals surface area (Å²) in [5, 5.41) is 14.2. The summed E-state index contributed by atoms with van der Waals surface area (Å²) in [4.78, 5) is 14.9. The molecule has 0 radical (unpaired) electrons. The Morgan fingerprint density at radius 1 is 1.23 bits per heavy atom. The van der Waals surface area contributed by atoms with E-state index in [1.807, 2.05) is 18.3 Å². The average molecular weight is 443 g/mol. The van der Waals surface area contributed by atoms with E-state index < -0.39 is 10.0 Å². The lowest BCUT2D eigenvalue weighted by molar-refractivity contribution is 0.260. The third-order valence-corrected chi connectivity index (χ3v) is 6.82. The normalized spacial score (nSPS) is 23.3. The Morgan fingerprint density at radius 2 is 2.06 bits per heavy atom. The van der Waals surface area contributed by atoms with Crippen LogP contribution < -0.4 is 14.9 Å². The number of nitrogens with zero attached hydrogens (tertiary/aromatic N) is 3. The van der Waals surface area contributed by atoms with Crippen molar-refractivity contribution >= 4 is 44.2 Å². The second-order valence-electron chi connectivity index (χ2n) is 8.43. The number of aliphatic hydroxyl groups is 1. The molecule has 1 aliphatic heterocycles. The second kappa shape index (κ2) is 7.69. The second-order valence-corrected chi connectivity index (χ2v) is 10.2. The van der Waals surface area contributed by atoms with Crippen molar-refractivity contribution in [3.8, 4) is 0 Å². The number of fused-ring (bicyclic) bond motifs is 2. The molecule has 31 heavy (non-hydrogen) atoms. The molecule has 0 spiro atoms. The van der Waals surface area contributed by atoms with Gasteiger partial charge < -0.3 is 20.3 Å². The highest BCUT2D eigenvalue weighted by molar-refractivity contribution is 7.92. The quantitative estimate of drug-likeness (QED) is 0.463. The third-order valence-electron chi connectivity index (χ3n) is 6.22. The maximum atomic E-state index is 11.5. The predicted octanol–water partition coefficient (Wildman–Crippen LogP) is 2.81. The van der Waals surface area contributed by atoms with Crippen molar-refractivity contribution in [3.05, 3.63) is 36.5 Å². The number of anilines is 4. The number of aliphatic hydroxyl groups excluding tert-OH is 1. The lowest BCUT2D eigenvalue weighted by Crippen LogP contribution is -2.39. The fourth-order valence-corrected chi connectivity index (χ4v) is 5.62. The lowest BCUT2D eigenvalue weighted by atomic mass is 10.0. The van der Waals surface area contributed by atoms with Gasteiger partial charge in [-0.05, 0) is 49.4 Å². The topological polar surface area (TPSA) is 123 Å².